The number of halogens is 1. The van der Waals surface area contributed by atoms with Crippen LogP contribution in [-0.2, 0) is 24.8 Å². The van der Waals surface area contributed by atoms with Crippen LogP contribution >= 0.6 is 11.6 Å². The molecular weight excluding hydrogens is 534 g/mol. The Morgan fingerprint density at radius 1 is 0.811 bits per heavy atom. The SMILES string of the molecule is O=C(CN1c2ccccc2-c2ccccc2S1(=O)=O)Nc1ccc(S(=O)(=O)Nc2ccccc2Cl)cc1. The minimum absolute atomic E-state index is 0.0328. The number of amides is 1. The van der Waals surface area contributed by atoms with Crippen LogP contribution in [0.1, 0.15) is 0 Å². The van der Waals surface area contributed by atoms with Crippen LogP contribution in [0, 0.1) is 0 Å². The van der Waals surface area contributed by atoms with Crippen molar-refractivity contribution in [2.75, 3.05) is 20.9 Å². The monoisotopic (exact) mass is 553 g/mol. The summed E-state index contributed by atoms with van der Waals surface area (Å²) in [5.74, 6) is -0.581. The molecule has 2 N–H and O–H groups in total. The summed E-state index contributed by atoms with van der Waals surface area (Å²) in [5.41, 5.74) is 2.25. The van der Waals surface area contributed by atoms with E-state index < -0.39 is 32.5 Å². The van der Waals surface area contributed by atoms with Gasteiger partial charge in [0.05, 0.1) is 26.2 Å². The van der Waals surface area contributed by atoms with Gasteiger partial charge in [0.1, 0.15) is 6.54 Å². The number of para-hydroxylation sites is 2. The maximum atomic E-state index is 13.3. The first-order valence-electron chi connectivity index (χ1n) is 11.1. The Bertz CT molecular complexity index is 1720. The summed E-state index contributed by atoms with van der Waals surface area (Å²) in [7, 11) is -7.88. The predicted molar refractivity (Wildman–Crippen MR) is 144 cm³/mol. The van der Waals surface area contributed by atoms with Gasteiger partial charge in [-0.05, 0) is 48.5 Å². The molecular formula is C26H20ClN3O5S2. The van der Waals surface area contributed by atoms with Gasteiger partial charge in [-0.3, -0.25) is 13.8 Å². The number of rotatable bonds is 6. The fraction of sp³-hybridized carbons (Fsp3) is 0.0385. The number of fused-ring (bicyclic) bond motifs is 3. The van der Waals surface area contributed by atoms with E-state index in [0.717, 1.165) is 4.31 Å². The Morgan fingerprint density at radius 3 is 2.16 bits per heavy atom. The summed E-state index contributed by atoms with van der Waals surface area (Å²) in [5, 5.41) is 2.89. The second kappa shape index (κ2) is 9.55. The van der Waals surface area contributed by atoms with Crippen LogP contribution < -0.4 is 14.3 Å². The minimum Gasteiger partial charge on any atom is -0.325 e. The highest BCUT2D eigenvalue weighted by molar-refractivity contribution is 7.93. The summed E-state index contributed by atoms with van der Waals surface area (Å²) in [4.78, 5) is 13.0. The molecule has 0 spiro atoms. The molecule has 0 radical (unpaired) electrons. The highest BCUT2D eigenvalue weighted by Gasteiger charge is 2.35. The van der Waals surface area contributed by atoms with E-state index >= 15 is 0 Å². The average molecular weight is 554 g/mol. The van der Waals surface area contributed by atoms with Gasteiger partial charge in [-0.15, -0.1) is 0 Å². The summed E-state index contributed by atoms with van der Waals surface area (Å²) in [6.07, 6.45) is 0. The predicted octanol–water partition coefficient (Wildman–Crippen LogP) is 4.96. The van der Waals surface area contributed by atoms with Gasteiger partial charge in [0.2, 0.25) is 5.91 Å². The van der Waals surface area contributed by atoms with Crippen molar-refractivity contribution in [2.45, 2.75) is 9.79 Å². The molecule has 0 aliphatic carbocycles. The van der Waals surface area contributed by atoms with Crippen molar-refractivity contribution in [2.24, 2.45) is 0 Å². The van der Waals surface area contributed by atoms with Crippen LogP contribution in [0.4, 0.5) is 17.1 Å². The van der Waals surface area contributed by atoms with Gasteiger partial charge in [0.25, 0.3) is 20.0 Å². The first kappa shape index (κ1) is 24.8. The van der Waals surface area contributed by atoms with Gasteiger partial charge in [-0.1, -0.05) is 60.1 Å². The zero-order chi connectivity index (χ0) is 26.2. The summed E-state index contributed by atoms with van der Waals surface area (Å²) in [6.45, 7) is -0.457. The number of hydrogen-bond acceptors (Lipinski definition) is 5. The van der Waals surface area contributed by atoms with Crippen LogP contribution in [0.15, 0.2) is 107 Å². The normalized spacial score (nSPS) is 13.8. The standard InChI is InChI=1S/C26H20ClN3O5S2/c27-22-9-3-4-10-23(22)29-36(32,33)19-15-13-18(14-16-19)28-26(31)17-30-24-11-5-1-7-20(24)21-8-2-6-12-25(21)37(30,34)35/h1-16,29H,17H2,(H,28,31). The molecule has 0 saturated carbocycles. The van der Waals surface area contributed by atoms with Crippen LogP contribution in [0.25, 0.3) is 11.1 Å². The molecule has 0 fully saturated rings. The van der Waals surface area contributed by atoms with E-state index in [0.29, 0.717) is 22.5 Å². The molecule has 8 nitrogen and oxygen atoms in total. The smallest absolute Gasteiger partial charge is 0.265 e. The maximum Gasteiger partial charge on any atom is 0.265 e. The van der Waals surface area contributed by atoms with E-state index in [1.54, 1.807) is 54.6 Å². The number of anilines is 3. The van der Waals surface area contributed by atoms with Crippen molar-refractivity contribution in [1.82, 2.24) is 0 Å². The maximum absolute atomic E-state index is 13.3. The van der Waals surface area contributed by atoms with Gasteiger partial charge >= 0.3 is 0 Å². The molecule has 0 unspecified atom stereocenters. The van der Waals surface area contributed by atoms with Crippen LogP contribution in [-0.4, -0.2) is 29.3 Å². The molecule has 5 rings (SSSR count). The Labute approximate surface area is 219 Å². The zero-order valence-electron chi connectivity index (χ0n) is 19.1. The first-order chi connectivity index (χ1) is 17.7. The van der Waals surface area contributed by atoms with E-state index in [4.69, 9.17) is 11.6 Å². The van der Waals surface area contributed by atoms with Crippen molar-refractivity contribution in [3.8, 4) is 11.1 Å². The molecule has 4 aromatic rings. The Hall–Kier alpha value is -3.86. The topological polar surface area (TPSA) is 113 Å². The Kier molecular flexibility index (Phi) is 6.40. The molecule has 1 aliphatic rings. The number of hydrogen-bond donors (Lipinski definition) is 2. The van der Waals surface area contributed by atoms with Crippen molar-refractivity contribution in [3.63, 3.8) is 0 Å². The second-order valence-electron chi connectivity index (χ2n) is 8.18. The molecule has 0 saturated heterocycles. The second-order valence-corrected chi connectivity index (χ2v) is 12.1. The Morgan fingerprint density at radius 2 is 1.43 bits per heavy atom. The molecule has 0 atom stereocenters. The van der Waals surface area contributed by atoms with E-state index in [1.165, 1.54) is 30.3 Å². The lowest BCUT2D eigenvalue weighted by Crippen LogP contribution is -2.40. The van der Waals surface area contributed by atoms with Crippen molar-refractivity contribution < 1.29 is 21.6 Å². The quantitative estimate of drug-likeness (QED) is 0.350. The Balaban J connectivity index is 1.34. The molecule has 1 aliphatic heterocycles. The van der Waals surface area contributed by atoms with Crippen LogP contribution in [0.2, 0.25) is 5.02 Å². The molecule has 1 heterocycles. The third-order valence-corrected chi connectivity index (χ3v) is 9.30. The van der Waals surface area contributed by atoms with E-state index in [9.17, 15) is 21.6 Å². The van der Waals surface area contributed by atoms with E-state index in [-0.39, 0.29) is 20.5 Å². The highest BCUT2D eigenvalue weighted by Crippen LogP contribution is 2.42. The van der Waals surface area contributed by atoms with Gasteiger partial charge < -0.3 is 5.32 Å². The lowest BCUT2D eigenvalue weighted by molar-refractivity contribution is -0.114. The van der Waals surface area contributed by atoms with Gasteiger partial charge in [-0.25, -0.2) is 16.8 Å². The van der Waals surface area contributed by atoms with Gasteiger partial charge in [-0.2, -0.15) is 0 Å². The summed E-state index contributed by atoms with van der Waals surface area (Å²) in [6, 6.07) is 25.6. The molecule has 0 aromatic heterocycles. The summed E-state index contributed by atoms with van der Waals surface area (Å²) >= 11 is 6.04. The van der Waals surface area contributed by atoms with Crippen molar-refractivity contribution in [3.05, 3.63) is 102 Å². The molecule has 37 heavy (non-hydrogen) atoms. The molecule has 0 bridgehead atoms. The average Bonchev–Trinajstić information content (AvgIpc) is 2.88. The van der Waals surface area contributed by atoms with Crippen molar-refractivity contribution in [1.29, 1.82) is 0 Å². The van der Waals surface area contributed by atoms with Crippen LogP contribution in [0.3, 0.4) is 0 Å². The van der Waals surface area contributed by atoms with E-state index in [1.807, 2.05) is 12.1 Å². The lowest BCUT2D eigenvalue weighted by Gasteiger charge is -2.31. The van der Waals surface area contributed by atoms with E-state index in [2.05, 4.69) is 10.0 Å². The number of carbonyl (C=O) groups excluding carboxylic acids is 1. The third kappa shape index (κ3) is 4.78. The minimum atomic E-state index is -3.97. The lowest BCUT2D eigenvalue weighted by atomic mass is 10.0. The molecule has 11 heteroatoms. The van der Waals surface area contributed by atoms with Crippen LogP contribution in [0.5, 0.6) is 0 Å². The number of nitrogens with one attached hydrogen (secondary N) is 2. The largest absolute Gasteiger partial charge is 0.325 e. The fourth-order valence-electron chi connectivity index (χ4n) is 4.05. The number of nitrogens with zero attached hydrogens (tertiary/aromatic N) is 1. The summed E-state index contributed by atoms with van der Waals surface area (Å²) < 4.78 is 55.6. The number of carbonyl (C=O) groups is 1. The third-order valence-electron chi connectivity index (χ3n) is 5.77. The van der Waals surface area contributed by atoms with Crippen molar-refractivity contribution >= 4 is 54.6 Å². The van der Waals surface area contributed by atoms with Gasteiger partial charge in [0.15, 0.2) is 0 Å². The molecule has 188 valence electrons. The zero-order valence-corrected chi connectivity index (χ0v) is 21.5. The fourth-order valence-corrected chi connectivity index (χ4v) is 7.02. The molecule has 1 amide bonds. The number of benzene rings is 4. The number of sulfonamides is 2. The first-order valence-corrected chi connectivity index (χ1v) is 14.4. The highest BCUT2D eigenvalue weighted by atomic mass is 35.5. The van der Waals surface area contributed by atoms with Gasteiger partial charge in [0, 0.05) is 16.8 Å². The molecule has 4 aromatic carbocycles.